The monoisotopic (exact) mass is 481 g/mol. The minimum atomic E-state index is 0.732. The Morgan fingerprint density at radius 2 is 1.11 bits per heavy atom. The average Bonchev–Trinajstić information content (AvgIpc) is 3.26. The predicted octanol–water partition coefficient (Wildman–Crippen LogP) is 8.71. The van der Waals surface area contributed by atoms with E-state index in [9.17, 15) is 0 Å². The van der Waals surface area contributed by atoms with E-state index in [4.69, 9.17) is 21.6 Å². The highest BCUT2D eigenvalue weighted by molar-refractivity contribution is 6.32. The van der Waals surface area contributed by atoms with Crippen LogP contribution in [0.25, 0.3) is 61.0 Å². The van der Waals surface area contributed by atoms with Crippen LogP contribution in [0.1, 0.15) is 0 Å². The third-order valence-corrected chi connectivity index (χ3v) is 6.87. The number of nitrogens with zero attached hydrogens (tertiary/aromatic N) is 3. The summed E-state index contributed by atoms with van der Waals surface area (Å²) in [4.78, 5) is 10.3. The molecule has 0 radical (unpaired) electrons. The van der Waals surface area contributed by atoms with Crippen molar-refractivity contribution < 1.29 is 0 Å². The van der Waals surface area contributed by atoms with Crippen molar-refractivity contribution >= 4 is 44.4 Å². The lowest BCUT2D eigenvalue weighted by Crippen LogP contribution is -1.98. The molecule has 0 bridgehead atoms. The SMILES string of the molecule is Clc1ccc2c(c1)c1ccccc1n2-c1ccc2nc(-c3ccccc3)c(-c3ccccc3)nc2c1. The molecule has 36 heavy (non-hydrogen) atoms. The largest absolute Gasteiger partial charge is 0.309 e. The van der Waals surface area contributed by atoms with Gasteiger partial charge in [-0.2, -0.15) is 0 Å². The number of para-hydroxylation sites is 1. The predicted molar refractivity (Wildman–Crippen MR) is 150 cm³/mol. The van der Waals surface area contributed by atoms with Gasteiger partial charge in [0.1, 0.15) is 0 Å². The van der Waals surface area contributed by atoms with Gasteiger partial charge >= 0.3 is 0 Å². The fraction of sp³-hybridized carbons (Fsp3) is 0. The van der Waals surface area contributed by atoms with E-state index in [-0.39, 0.29) is 0 Å². The molecule has 3 nitrogen and oxygen atoms in total. The number of rotatable bonds is 3. The molecular formula is C32H20ClN3. The molecule has 0 fully saturated rings. The van der Waals surface area contributed by atoms with Crippen molar-refractivity contribution in [3.05, 3.63) is 126 Å². The third-order valence-electron chi connectivity index (χ3n) is 6.64. The molecule has 7 aromatic rings. The molecule has 170 valence electrons. The molecule has 4 heteroatoms. The zero-order valence-corrected chi connectivity index (χ0v) is 20.0. The third kappa shape index (κ3) is 3.36. The van der Waals surface area contributed by atoms with Crippen molar-refractivity contribution in [1.82, 2.24) is 14.5 Å². The molecule has 0 unspecified atom stereocenters. The summed E-state index contributed by atoms with van der Waals surface area (Å²) >= 11 is 6.37. The molecule has 0 aliphatic carbocycles. The molecule has 2 heterocycles. The van der Waals surface area contributed by atoms with Crippen LogP contribution in [0.2, 0.25) is 5.02 Å². The van der Waals surface area contributed by atoms with Crippen LogP contribution < -0.4 is 0 Å². The quantitative estimate of drug-likeness (QED) is 0.252. The first-order valence-electron chi connectivity index (χ1n) is 11.9. The van der Waals surface area contributed by atoms with Gasteiger partial charge in [-0.1, -0.05) is 90.5 Å². The van der Waals surface area contributed by atoms with E-state index >= 15 is 0 Å². The molecule has 2 aromatic heterocycles. The highest BCUT2D eigenvalue weighted by atomic mass is 35.5. The van der Waals surface area contributed by atoms with Crippen LogP contribution in [0.3, 0.4) is 0 Å². The topological polar surface area (TPSA) is 30.7 Å². The van der Waals surface area contributed by atoms with E-state index < -0.39 is 0 Å². The molecular weight excluding hydrogens is 462 g/mol. The summed E-state index contributed by atoms with van der Waals surface area (Å²) in [7, 11) is 0. The smallest absolute Gasteiger partial charge is 0.0973 e. The van der Waals surface area contributed by atoms with Crippen LogP contribution in [0.5, 0.6) is 0 Å². The maximum atomic E-state index is 6.37. The van der Waals surface area contributed by atoms with Crippen molar-refractivity contribution in [3.63, 3.8) is 0 Å². The molecule has 0 aliphatic rings. The Morgan fingerprint density at radius 3 is 1.83 bits per heavy atom. The van der Waals surface area contributed by atoms with Gasteiger partial charge in [-0.05, 0) is 42.5 Å². The van der Waals surface area contributed by atoms with Crippen LogP contribution in [-0.2, 0) is 0 Å². The van der Waals surface area contributed by atoms with Crippen molar-refractivity contribution in [1.29, 1.82) is 0 Å². The van der Waals surface area contributed by atoms with Gasteiger partial charge in [0.25, 0.3) is 0 Å². The molecule has 0 spiro atoms. The molecule has 0 atom stereocenters. The second-order valence-electron chi connectivity index (χ2n) is 8.84. The van der Waals surface area contributed by atoms with Crippen molar-refractivity contribution in [2.75, 3.05) is 0 Å². The maximum Gasteiger partial charge on any atom is 0.0973 e. The summed E-state index contributed by atoms with van der Waals surface area (Å²) in [6.45, 7) is 0. The van der Waals surface area contributed by atoms with Gasteiger partial charge in [0.15, 0.2) is 0 Å². The first-order valence-corrected chi connectivity index (χ1v) is 12.3. The van der Waals surface area contributed by atoms with Crippen molar-refractivity contribution in [2.45, 2.75) is 0 Å². The van der Waals surface area contributed by atoms with Crippen molar-refractivity contribution in [3.8, 4) is 28.2 Å². The summed E-state index contributed by atoms with van der Waals surface area (Å²) in [6.07, 6.45) is 0. The first kappa shape index (κ1) is 20.9. The zero-order chi connectivity index (χ0) is 24.1. The van der Waals surface area contributed by atoms with Crippen LogP contribution >= 0.6 is 11.6 Å². The lowest BCUT2D eigenvalue weighted by atomic mass is 10.0. The Balaban J connectivity index is 1.50. The van der Waals surface area contributed by atoms with Crippen LogP contribution in [-0.4, -0.2) is 14.5 Å². The van der Waals surface area contributed by atoms with E-state index in [0.29, 0.717) is 0 Å². The number of fused-ring (bicyclic) bond motifs is 4. The maximum absolute atomic E-state index is 6.37. The zero-order valence-electron chi connectivity index (χ0n) is 19.3. The summed E-state index contributed by atoms with van der Waals surface area (Å²) in [5, 5.41) is 3.04. The molecule has 0 N–H and O–H groups in total. The number of hydrogen-bond acceptors (Lipinski definition) is 2. The Kier molecular flexibility index (Phi) is 4.83. The fourth-order valence-corrected chi connectivity index (χ4v) is 5.17. The summed E-state index contributed by atoms with van der Waals surface area (Å²) < 4.78 is 2.27. The van der Waals surface area contributed by atoms with Gasteiger partial charge in [-0.3, -0.25) is 0 Å². The number of hydrogen-bond donors (Lipinski definition) is 0. The van der Waals surface area contributed by atoms with E-state index in [1.807, 2.05) is 48.5 Å². The normalized spacial score (nSPS) is 11.5. The highest BCUT2D eigenvalue weighted by Gasteiger charge is 2.16. The number of halogens is 1. The van der Waals surface area contributed by atoms with Crippen LogP contribution in [0.4, 0.5) is 0 Å². The summed E-state index contributed by atoms with van der Waals surface area (Å²) in [6, 6.07) is 41.3. The van der Waals surface area contributed by atoms with Gasteiger partial charge in [0, 0.05) is 32.6 Å². The molecule has 0 aliphatic heterocycles. The molecule has 0 amide bonds. The minimum absolute atomic E-state index is 0.732. The van der Waals surface area contributed by atoms with E-state index in [1.165, 1.54) is 5.39 Å². The van der Waals surface area contributed by atoms with Gasteiger partial charge < -0.3 is 4.57 Å². The Hall–Kier alpha value is -4.47. The minimum Gasteiger partial charge on any atom is -0.309 e. The van der Waals surface area contributed by atoms with Crippen LogP contribution in [0.15, 0.2) is 121 Å². The van der Waals surface area contributed by atoms with E-state index in [0.717, 1.165) is 60.7 Å². The van der Waals surface area contributed by atoms with Gasteiger partial charge in [-0.25, -0.2) is 9.97 Å². The molecule has 7 rings (SSSR count). The second kappa shape index (κ2) is 8.33. The standard InChI is InChI=1S/C32H20ClN3/c33-23-15-18-30-26(19-23)25-13-7-8-14-29(25)36(30)24-16-17-27-28(20-24)35-32(22-11-5-2-6-12-22)31(34-27)21-9-3-1-4-10-21/h1-20H. The van der Waals surface area contributed by atoms with E-state index in [1.54, 1.807) is 0 Å². The Labute approximate surface area is 213 Å². The second-order valence-corrected chi connectivity index (χ2v) is 9.28. The summed E-state index contributed by atoms with van der Waals surface area (Å²) in [5.74, 6) is 0. The Bertz CT molecular complexity index is 1890. The van der Waals surface area contributed by atoms with Crippen LogP contribution in [0, 0.1) is 0 Å². The highest BCUT2D eigenvalue weighted by Crippen LogP contribution is 2.35. The molecule has 5 aromatic carbocycles. The summed E-state index contributed by atoms with van der Waals surface area (Å²) in [5.41, 5.74) is 8.85. The van der Waals surface area contributed by atoms with E-state index in [2.05, 4.69) is 77.4 Å². The average molecular weight is 482 g/mol. The van der Waals surface area contributed by atoms with Gasteiger partial charge in [-0.15, -0.1) is 0 Å². The number of aromatic nitrogens is 3. The lowest BCUT2D eigenvalue weighted by molar-refractivity contribution is 1.18. The number of benzene rings is 5. The molecule has 0 saturated heterocycles. The van der Waals surface area contributed by atoms with Gasteiger partial charge in [0.2, 0.25) is 0 Å². The molecule has 0 saturated carbocycles. The lowest BCUT2D eigenvalue weighted by Gasteiger charge is -2.13. The van der Waals surface area contributed by atoms with Gasteiger partial charge in [0.05, 0.1) is 33.5 Å². The van der Waals surface area contributed by atoms with Crippen molar-refractivity contribution in [2.24, 2.45) is 0 Å². The fourth-order valence-electron chi connectivity index (χ4n) is 5.00. The first-order chi connectivity index (χ1) is 17.8. The Morgan fingerprint density at radius 1 is 0.500 bits per heavy atom.